The minimum atomic E-state index is 0.341. The Morgan fingerprint density at radius 2 is 2.05 bits per heavy atom. The highest BCUT2D eigenvalue weighted by Gasteiger charge is 2.10. The van der Waals surface area contributed by atoms with Crippen molar-refractivity contribution in [3.63, 3.8) is 0 Å². The molecule has 0 aliphatic rings. The second-order valence-corrected chi connectivity index (χ2v) is 5.13. The Morgan fingerprint density at radius 1 is 1.20 bits per heavy atom. The predicted molar refractivity (Wildman–Crippen MR) is 81.6 cm³/mol. The monoisotopic (exact) mass is 324 g/mol. The fourth-order valence-electron chi connectivity index (χ4n) is 1.89. The molecular formula is C16H9BrN2O. The fourth-order valence-corrected chi connectivity index (χ4v) is 2.31. The number of para-hydroxylation sites is 2. The first kappa shape index (κ1) is 12.6. The van der Waals surface area contributed by atoms with E-state index in [9.17, 15) is 5.26 Å². The average molecular weight is 325 g/mol. The molecule has 0 amide bonds. The summed E-state index contributed by atoms with van der Waals surface area (Å²) >= 11 is 3.41. The summed E-state index contributed by atoms with van der Waals surface area (Å²) in [6.07, 6.45) is 1.76. The summed E-state index contributed by atoms with van der Waals surface area (Å²) in [5, 5.41) is 9.31. The molecule has 0 fully saturated rings. The third-order valence-corrected chi connectivity index (χ3v) is 3.30. The normalized spacial score (nSPS) is 11.5. The lowest BCUT2D eigenvalue weighted by Crippen LogP contribution is -1.81. The Balaban J connectivity index is 2.07. The lowest BCUT2D eigenvalue weighted by Gasteiger charge is -1.95. The van der Waals surface area contributed by atoms with Crippen LogP contribution in [0.1, 0.15) is 11.5 Å². The van der Waals surface area contributed by atoms with Crippen molar-refractivity contribution in [1.29, 1.82) is 5.26 Å². The highest BCUT2D eigenvalue weighted by Crippen LogP contribution is 2.23. The van der Waals surface area contributed by atoms with Gasteiger partial charge in [0.1, 0.15) is 17.2 Å². The zero-order valence-electron chi connectivity index (χ0n) is 10.4. The van der Waals surface area contributed by atoms with E-state index in [1.165, 1.54) is 0 Å². The fraction of sp³-hybridized carbons (Fsp3) is 0. The number of nitriles is 1. The van der Waals surface area contributed by atoms with E-state index in [-0.39, 0.29) is 0 Å². The van der Waals surface area contributed by atoms with E-state index in [1.807, 2.05) is 48.5 Å². The molecule has 0 N–H and O–H groups in total. The number of hydrogen-bond donors (Lipinski definition) is 0. The number of allylic oxidation sites excluding steroid dienone is 1. The van der Waals surface area contributed by atoms with Gasteiger partial charge in [-0.1, -0.05) is 40.2 Å². The van der Waals surface area contributed by atoms with Crippen LogP contribution in [-0.2, 0) is 0 Å². The summed E-state index contributed by atoms with van der Waals surface area (Å²) in [7, 11) is 0. The van der Waals surface area contributed by atoms with Gasteiger partial charge < -0.3 is 4.42 Å². The maximum atomic E-state index is 9.31. The van der Waals surface area contributed by atoms with E-state index in [1.54, 1.807) is 6.08 Å². The van der Waals surface area contributed by atoms with Gasteiger partial charge in [0.25, 0.3) is 0 Å². The van der Waals surface area contributed by atoms with Crippen LogP contribution in [0.5, 0.6) is 0 Å². The van der Waals surface area contributed by atoms with Crippen molar-refractivity contribution in [2.45, 2.75) is 0 Å². The van der Waals surface area contributed by atoms with E-state index >= 15 is 0 Å². The highest BCUT2D eigenvalue weighted by atomic mass is 79.9. The molecule has 96 valence electrons. The van der Waals surface area contributed by atoms with Gasteiger partial charge in [0.2, 0.25) is 5.89 Å². The average Bonchev–Trinajstić information content (AvgIpc) is 2.88. The smallest absolute Gasteiger partial charge is 0.238 e. The largest absolute Gasteiger partial charge is 0.435 e. The first-order valence-corrected chi connectivity index (χ1v) is 6.79. The molecule has 0 saturated heterocycles. The van der Waals surface area contributed by atoms with E-state index in [0.29, 0.717) is 17.0 Å². The van der Waals surface area contributed by atoms with Crippen LogP contribution < -0.4 is 0 Å². The van der Waals surface area contributed by atoms with Gasteiger partial charge in [0.15, 0.2) is 5.58 Å². The first-order valence-electron chi connectivity index (χ1n) is 5.99. The van der Waals surface area contributed by atoms with E-state index in [2.05, 4.69) is 27.0 Å². The van der Waals surface area contributed by atoms with Crippen molar-refractivity contribution in [1.82, 2.24) is 4.98 Å². The van der Waals surface area contributed by atoms with Crippen molar-refractivity contribution < 1.29 is 4.42 Å². The summed E-state index contributed by atoms with van der Waals surface area (Å²) in [5.41, 5.74) is 2.74. The van der Waals surface area contributed by atoms with Crippen molar-refractivity contribution in [3.8, 4) is 6.07 Å². The number of fused-ring (bicyclic) bond motifs is 1. The third kappa shape index (κ3) is 2.49. The molecule has 1 aromatic heterocycles. The van der Waals surface area contributed by atoms with Crippen molar-refractivity contribution >= 4 is 38.7 Å². The molecule has 0 atom stereocenters. The standard InChI is InChI=1S/C16H9BrN2O/c17-13-5-3-4-11(9-13)8-12(10-18)16-19-14-6-1-2-7-15(14)20-16/h1-9H/b12-8+. The van der Waals surface area contributed by atoms with Crippen LogP contribution in [0.25, 0.3) is 22.7 Å². The third-order valence-electron chi connectivity index (χ3n) is 2.80. The Hall–Kier alpha value is -2.38. The highest BCUT2D eigenvalue weighted by molar-refractivity contribution is 9.10. The Morgan fingerprint density at radius 3 is 2.80 bits per heavy atom. The van der Waals surface area contributed by atoms with E-state index in [0.717, 1.165) is 15.6 Å². The molecule has 3 aromatic rings. The number of oxazole rings is 1. The first-order chi connectivity index (χ1) is 9.76. The second kappa shape index (κ2) is 5.32. The molecule has 1 heterocycles. The van der Waals surface area contributed by atoms with Gasteiger partial charge in [-0.15, -0.1) is 0 Å². The molecule has 3 rings (SSSR count). The molecule has 3 nitrogen and oxygen atoms in total. The molecule has 0 aliphatic carbocycles. The molecule has 0 saturated carbocycles. The van der Waals surface area contributed by atoms with Crippen LogP contribution in [0, 0.1) is 11.3 Å². The molecule has 2 aromatic carbocycles. The van der Waals surface area contributed by atoms with Crippen molar-refractivity contribution in [2.24, 2.45) is 0 Å². The number of aromatic nitrogens is 1. The SMILES string of the molecule is N#C/C(=C\c1cccc(Br)c1)c1nc2ccccc2o1. The van der Waals surface area contributed by atoms with Gasteiger partial charge in [-0.05, 0) is 35.9 Å². The topological polar surface area (TPSA) is 49.8 Å². The van der Waals surface area contributed by atoms with Crippen LogP contribution in [0.4, 0.5) is 0 Å². The molecule has 0 spiro atoms. The number of nitrogens with zero attached hydrogens (tertiary/aromatic N) is 2. The number of benzene rings is 2. The molecule has 0 unspecified atom stereocenters. The van der Waals surface area contributed by atoms with Crippen LogP contribution in [0.2, 0.25) is 0 Å². The number of hydrogen-bond acceptors (Lipinski definition) is 3. The lowest BCUT2D eigenvalue weighted by molar-refractivity contribution is 0.586. The van der Waals surface area contributed by atoms with Gasteiger partial charge in [-0.25, -0.2) is 4.98 Å². The Kier molecular flexibility index (Phi) is 3.36. The summed E-state index contributed by atoms with van der Waals surface area (Å²) < 4.78 is 6.57. The predicted octanol–water partition coefficient (Wildman–Crippen LogP) is 4.65. The van der Waals surface area contributed by atoms with Crippen LogP contribution >= 0.6 is 15.9 Å². The lowest BCUT2D eigenvalue weighted by atomic mass is 10.1. The molecule has 0 radical (unpaired) electrons. The van der Waals surface area contributed by atoms with Gasteiger partial charge in [0, 0.05) is 4.47 Å². The molecular weight excluding hydrogens is 316 g/mol. The minimum absolute atomic E-state index is 0.341. The van der Waals surface area contributed by atoms with Crippen LogP contribution in [0.3, 0.4) is 0 Å². The summed E-state index contributed by atoms with van der Waals surface area (Å²) in [6.45, 7) is 0. The second-order valence-electron chi connectivity index (χ2n) is 4.21. The van der Waals surface area contributed by atoms with Gasteiger partial charge in [-0.2, -0.15) is 5.26 Å². The van der Waals surface area contributed by atoms with E-state index in [4.69, 9.17) is 4.42 Å². The molecule has 0 bridgehead atoms. The summed E-state index contributed by atoms with van der Waals surface area (Å²) in [5.74, 6) is 0.341. The molecule has 20 heavy (non-hydrogen) atoms. The minimum Gasteiger partial charge on any atom is -0.435 e. The van der Waals surface area contributed by atoms with Crippen molar-refractivity contribution in [2.75, 3.05) is 0 Å². The van der Waals surface area contributed by atoms with E-state index < -0.39 is 0 Å². The van der Waals surface area contributed by atoms with Crippen LogP contribution in [0.15, 0.2) is 57.4 Å². The quantitative estimate of drug-likeness (QED) is 0.644. The molecule has 0 aliphatic heterocycles. The van der Waals surface area contributed by atoms with Gasteiger partial charge in [0.05, 0.1) is 0 Å². The number of halogens is 1. The Labute approximate surface area is 124 Å². The Bertz CT molecular complexity index is 810. The zero-order chi connectivity index (χ0) is 13.9. The maximum absolute atomic E-state index is 9.31. The van der Waals surface area contributed by atoms with Gasteiger partial charge in [-0.3, -0.25) is 0 Å². The van der Waals surface area contributed by atoms with Crippen LogP contribution in [-0.4, -0.2) is 4.98 Å². The van der Waals surface area contributed by atoms with Crippen molar-refractivity contribution in [3.05, 3.63) is 64.5 Å². The van der Waals surface area contributed by atoms with Gasteiger partial charge >= 0.3 is 0 Å². The maximum Gasteiger partial charge on any atom is 0.238 e. The molecule has 4 heteroatoms. The number of rotatable bonds is 2. The summed E-state index contributed by atoms with van der Waals surface area (Å²) in [4.78, 5) is 4.33. The zero-order valence-corrected chi connectivity index (χ0v) is 12.0. The summed E-state index contributed by atoms with van der Waals surface area (Å²) in [6, 6.07) is 17.3.